The van der Waals surface area contributed by atoms with Crippen LogP contribution >= 0.6 is 11.8 Å². The molecule has 146 valence electrons. The molecule has 0 spiro atoms. The van der Waals surface area contributed by atoms with Crippen molar-refractivity contribution in [1.29, 1.82) is 0 Å². The fourth-order valence-corrected chi connectivity index (χ4v) is 5.17. The van der Waals surface area contributed by atoms with Crippen LogP contribution in [-0.2, 0) is 0 Å². The van der Waals surface area contributed by atoms with E-state index >= 15 is 0 Å². The molecule has 1 fully saturated rings. The van der Waals surface area contributed by atoms with E-state index in [0.717, 1.165) is 28.8 Å². The molecule has 0 amide bonds. The molecule has 29 heavy (non-hydrogen) atoms. The van der Waals surface area contributed by atoms with Crippen LogP contribution in [0, 0.1) is 0 Å². The van der Waals surface area contributed by atoms with E-state index in [4.69, 9.17) is 4.99 Å². The van der Waals surface area contributed by atoms with Crippen molar-refractivity contribution in [3.63, 3.8) is 0 Å². The third-order valence-electron chi connectivity index (χ3n) is 5.36. The quantitative estimate of drug-likeness (QED) is 0.707. The summed E-state index contributed by atoms with van der Waals surface area (Å²) in [5.41, 5.74) is 3.30. The van der Waals surface area contributed by atoms with Gasteiger partial charge in [0.05, 0.1) is 17.3 Å². The van der Waals surface area contributed by atoms with Crippen LogP contribution in [0.2, 0.25) is 0 Å². The summed E-state index contributed by atoms with van der Waals surface area (Å²) in [4.78, 5) is 23.2. The van der Waals surface area contributed by atoms with Gasteiger partial charge in [0, 0.05) is 35.6 Å². The van der Waals surface area contributed by atoms with Crippen molar-refractivity contribution in [3.8, 4) is 5.69 Å². The number of aromatic carboxylic acids is 1. The van der Waals surface area contributed by atoms with Gasteiger partial charge in [-0.1, -0.05) is 24.8 Å². The van der Waals surface area contributed by atoms with Crippen molar-refractivity contribution in [1.82, 2.24) is 14.5 Å². The van der Waals surface area contributed by atoms with Crippen LogP contribution in [-0.4, -0.2) is 42.5 Å². The zero-order chi connectivity index (χ0) is 20.0. The van der Waals surface area contributed by atoms with E-state index in [0.29, 0.717) is 5.25 Å². The van der Waals surface area contributed by atoms with Crippen molar-refractivity contribution in [2.45, 2.75) is 24.3 Å². The van der Waals surface area contributed by atoms with E-state index < -0.39 is 5.97 Å². The predicted molar refractivity (Wildman–Crippen MR) is 114 cm³/mol. The molecular formula is C22H20N4O2S. The number of fused-ring (bicyclic) bond motifs is 1. The number of hydrogen-bond acceptors (Lipinski definition) is 5. The monoisotopic (exact) mass is 404 g/mol. The Hall–Kier alpha value is -3.06. The molecule has 0 saturated carbocycles. The third kappa shape index (κ3) is 3.11. The fraction of sp³-hybridized carbons (Fsp3) is 0.227. The Kier molecular flexibility index (Phi) is 4.39. The van der Waals surface area contributed by atoms with E-state index in [1.165, 1.54) is 0 Å². The van der Waals surface area contributed by atoms with Gasteiger partial charge in [0.1, 0.15) is 6.04 Å². The van der Waals surface area contributed by atoms with E-state index in [1.807, 2.05) is 60.6 Å². The summed E-state index contributed by atoms with van der Waals surface area (Å²) < 4.78 is 2.12. The van der Waals surface area contributed by atoms with Gasteiger partial charge in [0.15, 0.2) is 5.17 Å². The summed E-state index contributed by atoms with van der Waals surface area (Å²) in [6, 6.07) is 17.1. The van der Waals surface area contributed by atoms with E-state index in [1.54, 1.807) is 12.1 Å². The number of benzene rings is 1. The molecular weight excluding hydrogens is 384 g/mol. The second-order valence-electron chi connectivity index (χ2n) is 7.29. The first kappa shape index (κ1) is 18.0. The van der Waals surface area contributed by atoms with Crippen molar-refractivity contribution >= 4 is 22.9 Å². The van der Waals surface area contributed by atoms with Gasteiger partial charge in [-0.3, -0.25) is 9.98 Å². The Bertz CT molecular complexity index is 1080. The number of carbonyl (C=O) groups is 1. The number of nitrogens with zero attached hydrogens (tertiary/aromatic N) is 4. The third-order valence-corrected chi connectivity index (χ3v) is 6.46. The molecule has 1 N–H and O–H groups in total. The number of carboxylic acid groups (broad SMARTS) is 1. The molecule has 1 aromatic carbocycles. The highest BCUT2D eigenvalue weighted by Crippen LogP contribution is 2.47. The lowest BCUT2D eigenvalue weighted by atomic mass is 10.0. The van der Waals surface area contributed by atoms with Crippen LogP contribution in [0.3, 0.4) is 0 Å². The fourth-order valence-electron chi connectivity index (χ4n) is 4.07. The molecule has 0 radical (unpaired) electrons. The van der Waals surface area contributed by atoms with Gasteiger partial charge in [-0.05, 0) is 48.5 Å². The molecule has 2 aliphatic rings. The van der Waals surface area contributed by atoms with Gasteiger partial charge < -0.3 is 14.6 Å². The summed E-state index contributed by atoms with van der Waals surface area (Å²) in [5.74, 6) is -0.920. The van der Waals surface area contributed by atoms with Gasteiger partial charge in [0.2, 0.25) is 0 Å². The maximum atomic E-state index is 11.2. The van der Waals surface area contributed by atoms with Crippen molar-refractivity contribution in [3.05, 3.63) is 83.9 Å². The molecule has 0 bridgehead atoms. The molecule has 7 heteroatoms. The number of thioether (sulfide) groups is 1. The van der Waals surface area contributed by atoms with Crippen molar-refractivity contribution < 1.29 is 9.90 Å². The maximum Gasteiger partial charge on any atom is 0.335 e. The SMILES string of the molecule is C[C@@H]1CN2C(=N[C@@H](c3ccccn3)[C@@H]2c2cccn2-c2ccc(C(=O)O)cc2)S1. The molecule has 5 rings (SSSR count). The number of rotatable bonds is 4. The number of pyridine rings is 1. The minimum absolute atomic E-state index is 0.0477. The zero-order valence-electron chi connectivity index (χ0n) is 15.8. The highest BCUT2D eigenvalue weighted by molar-refractivity contribution is 8.14. The van der Waals surface area contributed by atoms with Crippen LogP contribution in [0.15, 0.2) is 72.0 Å². The summed E-state index contributed by atoms with van der Waals surface area (Å²) in [5, 5.41) is 10.8. The number of hydrogen-bond donors (Lipinski definition) is 1. The molecule has 2 aliphatic heterocycles. The standard InChI is InChI=1S/C22H20N4O2S/c1-14-13-26-20(19(24-22(26)29-14)17-5-2-3-11-23-17)18-6-4-12-25(18)16-9-7-15(8-10-16)21(27)28/h2-12,14,19-20H,13H2,1H3,(H,27,28)/t14-,19+,20+/m1/s1. The average molecular weight is 404 g/mol. The molecule has 3 atom stereocenters. The smallest absolute Gasteiger partial charge is 0.335 e. The van der Waals surface area contributed by atoms with Gasteiger partial charge >= 0.3 is 5.97 Å². The second kappa shape index (κ2) is 7.08. The Morgan fingerprint density at radius 1 is 1.14 bits per heavy atom. The van der Waals surface area contributed by atoms with Crippen molar-refractivity contribution in [2.75, 3.05) is 6.54 Å². The van der Waals surface area contributed by atoms with Crippen molar-refractivity contribution in [2.24, 2.45) is 4.99 Å². The van der Waals surface area contributed by atoms with Gasteiger partial charge in [-0.15, -0.1) is 0 Å². The topological polar surface area (TPSA) is 70.7 Å². The Balaban J connectivity index is 1.57. The minimum Gasteiger partial charge on any atom is -0.478 e. The largest absolute Gasteiger partial charge is 0.478 e. The lowest BCUT2D eigenvalue weighted by molar-refractivity contribution is 0.0697. The Morgan fingerprint density at radius 2 is 1.97 bits per heavy atom. The molecule has 2 aromatic heterocycles. The molecule has 0 unspecified atom stereocenters. The van der Waals surface area contributed by atoms with Crippen LogP contribution in [0.25, 0.3) is 5.69 Å². The zero-order valence-corrected chi connectivity index (χ0v) is 16.7. The molecule has 0 aliphatic carbocycles. The summed E-state index contributed by atoms with van der Waals surface area (Å²) in [6.07, 6.45) is 3.83. The average Bonchev–Trinajstić information content (AvgIpc) is 3.42. The number of aromatic nitrogens is 2. The summed E-state index contributed by atoms with van der Waals surface area (Å²) in [6.45, 7) is 3.17. The summed E-state index contributed by atoms with van der Waals surface area (Å²) >= 11 is 1.82. The van der Waals surface area contributed by atoms with Crippen LogP contribution in [0.1, 0.15) is 40.8 Å². The highest BCUT2D eigenvalue weighted by Gasteiger charge is 2.44. The van der Waals surface area contributed by atoms with E-state index in [-0.39, 0.29) is 17.6 Å². The number of aliphatic imine (C=N–C) groups is 1. The second-order valence-corrected chi connectivity index (χ2v) is 8.70. The van der Waals surface area contributed by atoms with Crippen LogP contribution < -0.4 is 0 Å². The lowest BCUT2D eigenvalue weighted by Crippen LogP contribution is -2.30. The first-order chi connectivity index (χ1) is 14.1. The van der Waals surface area contributed by atoms with Gasteiger partial charge in [0.25, 0.3) is 0 Å². The van der Waals surface area contributed by atoms with Crippen LogP contribution in [0.4, 0.5) is 0 Å². The maximum absolute atomic E-state index is 11.2. The molecule has 1 saturated heterocycles. The van der Waals surface area contributed by atoms with E-state index in [9.17, 15) is 9.90 Å². The van der Waals surface area contributed by atoms with Gasteiger partial charge in [-0.2, -0.15) is 0 Å². The predicted octanol–water partition coefficient (Wildman–Crippen LogP) is 4.16. The first-order valence-corrected chi connectivity index (χ1v) is 10.4. The molecule has 3 aromatic rings. The lowest BCUT2D eigenvalue weighted by Gasteiger charge is -2.28. The molecule has 4 heterocycles. The van der Waals surface area contributed by atoms with E-state index in [2.05, 4.69) is 27.4 Å². The number of carboxylic acids is 1. The van der Waals surface area contributed by atoms with Gasteiger partial charge in [-0.25, -0.2) is 4.79 Å². The Morgan fingerprint density at radius 3 is 2.69 bits per heavy atom. The normalized spacial score (nSPS) is 23.1. The minimum atomic E-state index is -0.920. The molecule has 6 nitrogen and oxygen atoms in total. The highest BCUT2D eigenvalue weighted by atomic mass is 32.2. The summed E-state index contributed by atoms with van der Waals surface area (Å²) in [7, 11) is 0. The number of amidine groups is 1. The Labute approximate surface area is 172 Å². The first-order valence-electron chi connectivity index (χ1n) is 9.55. The van der Waals surface area contributed by atoms with Crippen LogP contribution in [0.5, 0.6) is 0 Å².